The number of ether oxygens (including phenoxy) is 10. The second kappa shape index (κ2) is 34.5. The number of unbranched alkanes of at least 4 members (excludes halogenated alkanes) is 1. The lowest BCUT2D eigenvalue weighted by atomic mass is 9.93. The zero-order chi connectivity index (χ0) is 39.6. The Balaban J connectivity index is 3.54. The lowest BCUT2D eigenvalue weighted by molar-refractivity contribution is -0.158. The predicted octanol–water partition coefficient (Wildman–Crippen LogP) is 1.13. The number of nitrogens with zero attached hydrogens (tertiary/aromatic N) is 1. The zero-order valence-corrected chi connectivity index (χ0v) is 33.3. The van der Waals surface area contributed by atoms with Gasteiger partial charge in [-0.15, -0.1) is 0 Å². The van der Waals surface area contributed by atoms with Gasteiger partial charge in [0.15, 0.2) is 0 Å². The molecule has 0 aliphatic heterocycles. The minimum atomic E-state index is -1.05. The number of amides is 2. The van der Waals surface area contributed by atoms with Crippen molar-refractivity contribution in [1.29, 1.82) is 0 Å². The van der Waals surface area contributed by atoms with Crippen molar-refractivity contribution in [3.8, 4) is 0 Å². The van der Waals surface area contributed by atoms with Gasteiger partial charge in [0.05, 0.1) is 125 Å². The van der Waals surface area contributed by atoms with Crippen LogP contribution in [0.1, 0.15) is 53.9 Å². The Labute approximate surface area is 317 Å². The van der Waals surface area contributed by atoms with Crippen molar-refractivity contribution in [3.05, 3.63) is 0 Å². The molecule has 314 valence electrons. The lowest BCUT2D eigenvalue weighted by Gasteiger charge is -2.42. The van der Waals surface area contributed by atoms with Crippen LogP contribution in [0.25, 0.3) is 0 Å². The number of carbonyl (C=O) groups excluding carboxylic acids is 2. The van der Waals surface area contributed by atoms with Crippen LogP contribution in [0.4, 0.5) is 0 Å². The second-order valence-corrected chi connectivity index (χ2v) is 13.3. The molecule has 0 radical (unpaired) electrons. The van der Waals surface area contributed by atoms with Gasteiger partial charge >= 0.3 is 5.97 Å². The molecule has 0 aromatic rings. The molecule has 0 aliphatic rings. The lowest BCUT2D eigenvalue weighted by Crippen LogP contribution is -2.60. The van der Waals surface area contributed by atoms with Gasteiger partial charge in [-0.25, -0.2) is 4.79 Å². The fraction of sp³-hybridized carbons (Fsp3) is 0.917. The number of carboxylic acid groups (broad SMARTS) is 1. The van der Waals surface area contributed by atoms with E-state index in [9.17, 15) is 19.5 Å². The highest BCUT2D eigenvalue weighted by atomic mass is 16.6. The second-order valence-electron chi connectivity index (χ2n) is 13.3. The fourth-order valence-corrected chi connectivity index (χ4v) is 4.72. The normalized spacial score (nSPS) is 13.0. The third kappa shape index (κ3) is 29.9. The summed E-state index contributed by atoms with van der Waals surface area (Å²) in [5.74, 6) is -1.96. The van der Waals surface area contributed by atoms with Crippen molar-refractivity contribution < 1.29 is 66.9 Å². The summed E-state index contributed by atoms with van der Waals surface area (Å²) in [6.07, 6.45) is 1.60. The molecule has 2 amide bonds. The number of aliphatic carboxylic acids is 1. The topological polar surface area (TPSA) is 205 Å². The third-order valence-electron chi connectivity index (χ3n) is 7.35. The van der Waals surface area contributed by atoms with Gasteiger partial charge in [0.1, 0.15) is 12.6 Å². The Hall–Kier alpha value is -2.03. The van der Waals surface area contributed by atoms with E-state index in [2.05, 4.69) is 5.32 Å². The molecule has 0 unspecified atom stereocenters. The number of hydrogen-bond acceptors (Lipinski definition) is 14. The Kier molecular flexibility index (Phi) is 33.1. The van der Waals surface area contributed by atoms with E-state index >= 15 is 0 Å². The summed E-state index contributed by atoms with van der Waals surface area (Å²) in [5, 5.41) is 12.5. The van der Waals surface area contributed by atoms with Gasteiger partial charge in [-0.3, -0.25) is 9.59 Å². The first-order valence-corrected chi connectivity index (χ1v) is 18.7. The average molecular weight is 770 g/mol. The molecule has 0 fully saturated rings. The van der Waals surface area contributed by atoms with E-state index < -0.39 is 23.6 Å². The molecule has 0 saturated heterocycles. The van der Waals surface area contributed by atoms with E-state index in [0.29, 0.717) is 138 Å². The van der Waals surface area contributed by atoms with Crippen LogP contribution in [0.15, 0.2) is 0 Å². The molecular formula is C36H71N3O14. The molecule has 0 aromatic heterocycles. The molecule has 0 rings (SSSR count). The van der Waals surface area contributed by atoms with Crippen molar-refractivity contribution in [2.75, 3.05) is 139 Å². The first-order valence-electron chi connectivity index (χ1n) is 18.7. The molecule has 17 nitrogen and oxygen atoms in total. The minimum Gasteiger partial charge on any atom is -0.480 e. The third-order valence-corrected chi connectivity index (χ3v) is 7.35. The van der Waals surface area contributed by atoms with Crippen LogP contribution in [0.5, 0.6) is 0 Å². The fourth-order valence-electron chi connectivity index (χ4n) is 4.72. The van der Waals surface area contributed by atoms with Gasteiger partial charge in [0.2, 0.25) is 11.8 Å². The van der Waals surface area contributed by atoms with E-state index in [0.717, 1.165) is 0 Å². The number of carbonyl (C=O) groups is 3. The SMILES string of the molecule is COCCOCCOCCOCCOCCOCCOCCOCCOCCOCC(=O)NCCCC[C@H](N)C(=O)N([C@H](C(=O)O)C(C)C)C(C)(C)C. The highest BCUT2D eigenvalue weighted by Gasteiger charge is 2.40. The largest absolute Gasteiger partial charge is 0.480 e. The van der Waals surface area contributed by atoms with Crippen LogP contribution < -0.4 is 11.1 Å². The molecule has 17 heteroatoms. The van der Waals surface area contributed by atoms with Gasteiger partial charge < -0.3 is 68.4 Å². The Bertz CT molecular complexity index is 894. The molecule has 2 atom stereocenters. The number of rotatable bonds is 38. The molecule has 0 aliphatic carbocycles. The molecule has 0 saturated carbocycles. The highest BCUT2D eigenvalue weighted by molar-refractivity contribution is 5.87. The van der Waals surface area contributed by atoms with Crippen LogP contribution >= 0.6 is 0 Å². The highest BCUT2D eigenvalue weighted by Crippen LogP contribution is 2.24. The Morgan fingerprint density at radius 1 is 0.623 bits per heavy atom. The summed E-state index contributed by atoms with van der Waals surface area (Å²) >= 11 is 0. The maximum absolute atomic E-state index is 13.1. The zero-order valence-electron chi connectivity index (χ0n) is 33.3. The maximum atomic E-state index is 13.1. The van der Waals surface area contributed by atoms with E-state index in [1.807, 2.05) is 0 Å². The van der Waals surface area contributed by atoms with Gasteiger partial charge in [0, 0.05) is 19.2 Å². The van der Waals surface area contributed by atoms with Crippen molar-refractivity contribution in [2.45, 2.75) is 71.5 Å². The van der Waals surface area contributed by atoms with Gasteiger partial charge in [-0.05, 0) is 46.0 Å². The summed E-state index contributed by atoms with van der Waals surface area (Å²) < 4.78 is 53.7. The standard InChI is InChI=1S/C36H71N3O14/c1-30(2)33(35(42)43)39(36(3,4)5)34(41)31(37)9-7-8-10-38-32(40)29-53-28-27-52-26-25-51-24-23-50-22-21-49-20-19-48-18-17-47-16-15-46-14-13-45-12-11-44-6/h30-31,33H,7-29,37H2,1-6H3,(H,38,40)(H,42,43)/t31-,33-/m0/s1. The average Bonchev–Trinajstić information content (AvgIpc) is 3.10. The number of carboxylic acids is 1. The molecule has 0 heterocycles. The molecule has 0 aromatic carbocycles. The van der Waals surface area contributed by atoms with Gasteiger partial charge in [0.25, 0.3) is 0 Å². The monoisotopic (exact) mass is 769 g/mol. The summed E-state index contributed by atoms with van der Waals surface area (Å²) in [5.41, 5.74) is 5.47. The summed E-state index contributed by atoms with van der Waals surface area (Å²) in [6.45, 7) is 17.7. The van der Waals surface area contributed by atoms with Crippen molar-refractivity contribution in [3.63, 3.8) is 0 Å². The van der Waals surface area contributed by atoms with Crippen LogP contribution in [0.3, 0.4) is 0 Å². The number of methoxy groups -OCH3 is 1. The van der Waals surface area contributed by atoms with Crippen LogP contribution in [-0.2, 0) is 61.8 Å². The van der Waals surface area contributed by atoms with Crippen LogP contribution in [-0.4, -0.2) is 185 Å². The molecular weight excluding hydrogens is 698 g/mol. The summed E-state index contributed by atoms with van der Waals surface area (Å²) in [7, 11) is 1.64. The molecule has 4 N–H and O–H groups in total. The van der Waals surface area contributed by atoms with Crippen LogP contribution in [0, 0.1) is 5.92 Å². The van der Waals surface area contributed by atoms with E-state index in [1.54, 1.807) is 41.7 Å². The van der Waals surface area contributed by atoms with E-state index in [1.165, 1.54) is 4.90 Å². The quantitative estimate of drug-likeness (QED) is 0.0754. The number of hydrogen-bond donors (Lipinski definition) is 3. The van der Waals surface area contributed by atoms with Crippen molar-refractivity contribution in [1.82, 2.24) is 10.2 Å². The minimum absolute atomic E-state index is 0.0858. The van der Waals surface area contributed by atoms with Crippen molar-refractivity contribution in [2.24, 2.45) is 11.7 Å². The summed E-state index contributed by atoms with van der Waals surface area (Å²) in [4.78, 5) is 38.4. The smallest absolute Gasteiger partial charge is 0.326 e. The Morgan fingerprint density at radius 2 is 0.981 bits per heavy atom. The van der Waals surface area contributed by atoms with Gasteiger partial charge in [-0.1, -0.05) is 13.8 Å². The van der Waals surface area contributed by atoms with Crippen molar-refractivity contribution >= 4 is 17.8 Å². The van der Waals surface area contributed by atoms with Gasteiger partial charge in [-0.2, -0.15) is 0 Å². The Morgan fingerprint density at radius 3 is 1.30 bits per heavy atom. The number of nitrogens with one attached hydrogen (secondary N) is 1. The first kappa shape index (κ1) is 51.0. The summed E-state index contributed by atoms with van der Waals surface area (Å²) in [6, 6.07) is -1.79. The van der Waals surface area contributed by atoms with Crippen LogP contribution in [0.2, 0.25) is 0 Å². The predicted molar refractivity (Wildman–Crippen MR) is 197 cm³/mol. The van der Waals surface area contributed by atoms with E-state index in [4.69, 9.17) is 53.1 Å². The molecule has 0 spiro atoms. The maximum Gasteiger partial charge on any atom is 0.326 e. The molecule has 0 bridgehead atoms. The van der Waals surface area contributed by atoms with E-state index in [-0.39, 0.29) is 30.9 Å². The molecule has 53 heavy (non-hydrogen) atoms. The number of nitrogens with two attached hydrogens (primary N) is 1. The first-order chi connectivity index (χ1) is 25.4.